The SMILES string of the molecule is COc1cc2c(cc1C)[Si](SC)(SC)[Si](SC)(SC)c1cc(C)c3c(c1-2)OCO3. The molecule has 0 amide bonds. The molecule has 0 bridgehead atoms. The minimum atomic E-state index is -1.99. The Labute approximate surface area is 190 Å². The highest BCUT2D eigenvalue weighted by Crippen LogP contribution is 2.55. The van der Waals surface area contributed by atoms with Crippen LogP contribution in [0.2, 0.25) is 0 Å². The van der Waals surface area contributed by atoms with Crippen LogP contribution in [0.4, 0.5) is 0 Å². The van der Waals surface area contributed by atoms with E-state index in [4.69, 9.17) is 14.2 Å². The summed E-state index contributed by atoms with van der Waals surface area (Å²) in [5, 5.41) is 3.04. The summed E-state index contributed by atoms with van der Waals surface area (Å²) in [6.45, 7) is 4.61. The van der Waals surface area contributed by atoms with Gasteiger partial charge in [0.25, 0.3) is 0 Å². The van der Waals surface area contributed by atoms with Crippen LogP contribution in [0.5, 0.6) is 17.2 Å². The molecule has 0 saturated heterocycles. The smallest absolute Gasteiger partial charge is 0.231 e. The summed E-state index contributed by atoms with van der Waals surface area (Å²) in [4.78, 5) is 0. The zero-order valence-electron chi connectivity index (χ0n) is 17.8. The quantitative estimate of drug-likeness (QED) is 0.558. The van der Waals surface area contributed by atoms with Gasteiger partial charge in [0, 0.05) is 5.56 Å². The highest BCUT2D eigenvalue weighted by molar-refractivity contribution is 8.84. The van der Waals surface area contributed by atoms with Gasteiger partial charge in [-0.1, -0.05) is 12.1 Å². The fraction of sp³-hybridized carbons (Fsp3) is 0.400. The second-order valence-electron chi connectivity index (χ2n) is 7.10. The predicted molar refractivity (Wildman–Crippen MR) is 139 cm³/mol. The van der Waals surface area contributed by atoms with E-state index in [1.807, 2.05) is 0 Å². The fourth-order valence-electron chi connectivity index (χ4n) is 4.65. The standard InChI is InChI=1S/C20H26O3S4Si2/c1-12-8-16-14(10-15(12)21-3)18-17(9-13(2)19-20(18)23-11-22-19)29(26-6,27-7)28(16,24-4)25-5/h8-10H,11H2,1-7H3. The lowest BCUT2D eigenvalue weighted by atomic mass is 9.99. The predicted octanol–water partition coefficient (Wildman–Crippen LogP) is 4.55. The van der Waals surface area contributed by atoms with Gasteiger partial charge in [0.15, 0.2) is 11.5 Å². The third kappa shape index (κ3) is 2.80. The molecule has 0 fully saturated rings. The Kier molecular flexibility index (Phi) is 6.02. The lowest BCUT2D eigenvalue weighted by Crippen LogP contribution is -2.71. The molecule has 2 aliphatic heterocycles. The molecular weight excluding hydrogens is 473 g/mol. The van der Waals surface area contributed by atoms with Gasteiger partial charge in [-0.2, -0.15) is 44.8 Å². The van der Waals surface area contributed by atoms with Crippen LogP contribution in [0.25, 0.3) is 11.1 Å². The Hall–Kier alpha value is -0.326. The van der Waals surface area contributed by atoms with Crippen molar-refractivity contribution in [2.75, 3.05) is 38.9 Å². The Morgan fingerprint density at radius 2 is 1.34 bits per heavy atom. The minimum Gasteiger partial charge on any atom is -0.496 e. The normalized spacial score (nSPS) is 17.6. The molecule has 2 heterocycles. The van der Waals surface area contributed by atoms with Gasteiger partial charge in [-0.15, -0.1) is 0 Å². The number of hydrogen-bond acceptors (Lipinski definition) is 7. The van der Waals surface area contributed by atoms with Gasteiger partial charge < -0.3 is 14.2 Å². The van der Waals surface area contributed by atoms with Crippen molar-refractivity contribution in [2.45, 2.75) is 13.8 Å². The zero-order chi connectivity index (χ0) is 21.0. The average molecular weight is 499 g/mol. The van der Waals surface area contributed by atoms with Crippen LogP contribution in [-0.2, 0) is 0 Å². The molecule has 0 atom stereocenters. The molecule has 0 radical (unpaired) electrons. The van der Waals surface area contributed by atoms with Crippen molar-refractivity contribution in [2.24, 2.45) is 0 Å². The molecule has 29 heavy (non-hydrogen) atoms. The number of hydrogen-bond donors (Lipinski definition) is 0. The van der Waals surface area contributed by atoms with Gasteiger partial charge in [-0.25, -0.2) is 0 Å². The highest BCUT2D eigenvalue weighted by atomic mass is 32.7. The Balaban J connectivity index is 2.22. The zero-order valence-corrected chi connectivity index (χ0v) is 23.1. The van der Waals surface area contributed by atoms with E-state index in [-0.39, 0.29) is 0 Å². The summed E-state index contributed by atoms with van der Waals surface area (Å²) in [5.74, 6) is -1.17. The second kappa shape index (κ2) is 7.98. The topological polar surface area (TPSA) is 27.7 Å². The van der Waals surface area contributed by atoms with Gasteiger partial charge in [0.1, 0.15) is 5.75 Å². The van der Waals surface area contributed by atoms with Gasteiger partial charge in [0.2, 0.25) is 18.6 Å². The highest BCUT2D eigenvalue weighted by Gasteiger charge is 2.63. The molecule has 0 N–H and O–H groups in total. The molecule has 0 saturated carbocycles. The molecule has 2 aliphatic rings. The molecule has 4 rings (SSSR count). The molecule has 156 valence electrons. The Bertz CT molecular complexity index is 975. The van der Waals surface area contributed by atoms with Gasteiger partial charge >= 0.3 is 0 Å². The largest absolute Gasteiger partial charge is 0.496 e. The van der Waals surface area contributed by atoms with E-state index >= 15 is 0 Å². The first kappa shape index (κ1) is 21.9. The van der Waals surface area contributed by atoms with Crippen LogP contribution < -0.4 is 24.6 Å². The summed E-state index contributed by atoms with van der Waals surface area (Å²) < 4.78 is 17.7. The lowest BCUT2D eigenvalue weighted by Gasteiger charge is -2.48. The molecule has 2 aromatic carbocycles. The van der Waals surface area contributed by atoms with E-state index in [9.17, 15) is 0 Å². The fourth-order valence-corrected chi connectivity index (χ4v) is 56.4. The first-order valence-corrected chi connectivity index (χ1v) is 22.1. The Morgan fingerprint density at radius 1 is 0.793 bits per heavy atom. The first-order chi connectivity index (χ1) is 13.9. The number of aryl methyl sites for hydroxylation is 2. The van der Waals surface area contributed by atoms with Crippen molar-refractivity contribution in [3.8, 4) is 28.4 Å². The summed E-state index contributed by atoms with van der Waals surface area (Å²) in [6, 6.07) is 7.06. The number of methoxy groups -OCH3 is 1. The molecule has 0 spiro atoms. The maximum atomic E-state index is 6.10. The molecule has 3 nitrogen and oxygen atoms in total. The van der Waals surface area contributed by atoms with Crippen molar-refractivity contribution in [3.63, 3.8) is 0 Å². The average Bonchev–Trinajstić information content (AvgIpc) is 3.23. The molecule has 0 unspecified atom stereocenters. The van der Waals surface area contributed by atoms with Crippen LogP contribution >= 0.6 is 44.8 Å². The summed E-state index contributed by atoms with van der Waals surface area (Å²) in [5.41, 5.74) is 4.92. The van der Waals surface area contributed by atoms with Gasteiger partial charge in [-0.05, 0) is 72.0 Å². The van der Waals surface area contributed by atoms with Gasteiger partial charge in [0.05, 0.1) is 7.11 Å². The molecule has 0 aromatic heterocycles. The number of fused-ring (bicyclic) bond motifs is 5. The lowest BCUT2D eigenvalue weighted by molar-refractivity contribution is 0.174. The van der Waals surface area contributed by atoms with Crippen molar-refractivity contribution >= 4 is 67.0 Å². The summed E-state index contributed by atoms with van der Waals surface area (Å²) in [6.07, 6.45) is 9.29. The van der Waals surface area contributed by atoms with Crippen LogP contribution in [0.1, 0.15) is 11.1 Å². The van der Waals surface area contributed by atoms with E-state index in [2.05, 4.69) is 102 Å². The van der Waals surface area contributed by atoms with Crippen molar-refractivity contribution in [1.29, 1.82) is 0 Å². The molecular formula is C20H26O3S4Si2. The van der Waals surface area contributed by atoms with Crippen LogP contribution in [-0.4, -0.2) is 50.7 Å². The van der Waals surface area contributed by atoms with Crippen molar-refractivity contribution < 1.29 is 14.2 Å². The number of rotatable bonds is 5. The molecule has 2 aromatic rings. The molecule has 0 aliphatic carbocycles. The maximum absolute atomic E-state index is 6.10. The van der Waals surface area contributed by atoms with E-state index < -0.39 is 11.8 Å². The first-order valence-electron chi connectivity index (χ1n) is 9.28. The second-order valence-corrected chi connectivity index (χ2v) is 34.9. The van der Waals surface area contributed by atoms with E-state index in [0.717, 1.165) is 17.2 Å². The number of ether oxygens (including phenoxy) is 3. The van der Waals surface area contributed by atoms with E-state index in [1.165, 1.54) is 32.6 Å². The van der Waals surface area contributed by atoms with Crippen LogP contribution in [0.3, 0.4) is 0 Å². The van der Waals surface area contributed by atoms with Crippen LogP contribution in [0, 0.1) is 13.8 Å². The monoisotopic (exact) mass is 498 g/mol. The van der Waals surface area contributed by atoms with Crippen LogP contribution in [0.15, 0.2) is 18.2 Å². The van der Waals surface area contributed by atoms with E-state index in [0.29, 0.717) is 6.79 Å². The number of benzene rings is 2. The van der Waals surface area contributed by atoms with Crippen molar-refractivity contribution in [3.05, 3.63) is 29.3 Å². The third-order valence-corrected chi connectivity index (χ3v) is 54.1. The third-order valence-electron chi connectivity index (χ3n) is 5.92. The van der Waals surface area contributed by atoms with Gasteiger partial charge in [-0.3, -0.25) is 0 Å². The van der Waals surface area contributed by atoms with Crippen molar-refractivity contribution in [1.82, 2.24) is 0 Å². The Morgan fingerprint density at radius 3 is 1.93 bits per heavy atom. The molecule has 9 heteroatoms. The summed E-state index contributed by atoms with van der Waals surface area (Å²) >= 11 is 8.49. The summed E-state index contributed by atoms with van der Waals surface area (Å²) in [7, 11) is 1.76. The minimum absolute atomic E-state index is 0.297. The van der Waals surface area contributed by atoms with E-state index in [1.54, 1.807) is 7.11 Å². The maximum Gasteiger partial charge on any atom is 0.231 e.